The molecule has 0 aromatic heterocycles. The molecule has 10 heavy (non-hydrogen) atoms. The van der Waals surface area contributed by atoms with Gasteiger partial charge in [0, 0.05) is 4.90 Å². The zero-order valence-electron chi connectivity index (χ0n) is 5.68. The van der Waals surface area contributed by atoms with Crippen LogP contribution in [0.15, 0.2) is 23.1 Å². The standard InChI is InChI=1S/C8H10S.Li.H/c1-6-3-4-8(9)7(2)5-6;;/h3-5,9H,1-2H3;;. The molecule has 0 amide bonds. The van der Waals surface area contributed by atoms with E-state index in [-0.39, 0.29) is 18.9 Å². The maximum absolute atomic E-state index is 4.25. The molecule has 0 aliphatic carbocycles. The first-order valence-electron chi connectivity index (χ1n) is 2.96. The Morgan fingerprint density at radius 1 is 1.20 bits per heavy atom. The first-order valence-corrected chi connectivity index (χ1v) is 3.41. The summed E-state index contributed by atoms with van der Waals surface area (Å²) in [4.78, 5) is 1.07. The molecule has 0 aliphatic rings. The Labute approximate surface area is 79.6 Å². The predicted molar refractivity (Wildman–Crippen MR) is 50.3 cm³/mol. The van der Waals surface area contributed by atoms with Gasteiger partial charge in [0.1, 0.15) is 0 Å². The van der Waals surface area contributed by atoms with E-state index >= 15 is 0 Å². The topological polar surface area (TPSA) is 0 Å². The molecule has 1 aromatic carbocycles. The second-order valence-electron chi connectivity index (χ2n) is 2.29. The van der Waals surface area contributed by atoms with Crippen LogP contribution in [0, 0.1) is 13.8 Å². The Hall–Kier alpha value is 0.167. The van der Waals surface area contributed by atoms with E-state index in [0.29, 0.717) is 0 Å². The van der Waals surface area contributed by atoms with Crippen LogP contribution >= 0.6 is 12.6 Å². The zero-order chi connectivity index (χ0) is 6.85. The van der Waals surface area contributed by atoms with Crippen molar-refractivity contribution in [1.82, 2.24) is 0 Å². The third kappa shape index (κ3) is 2.42. The van der Waals surface area contributed by atoms with E-state index in [2.05, 4.69) is 38.6 Å². The molecule has 0 aliphatic heterocycles. The van der Waals surface area contributed by atoms with Crippen molar-refractivity contribution >= 4 is 31.5 Å². The molecule has 0 unspecified atom stereocenters. The zero-order valence-corrected chi connectivity index (χ0v) is 6.57. The predicted octanol–water partition coefficient (Wildman–Crippen LogP) is 1.94. The average Bonchev–Trinajstić information content (AvgIpc) is 1.80. The molecule has 0 N–H and O–H groups in total. The van der Waals surface area contributed by atoms with Gasteiger partial charge in [0.05, 0.1) is 0 Å². The van der Waals surface area contributed by atoms with Crippen LogP contribution < -0.4 is 0 Å². The Morgan fingerprint density at radius 3 is 2.20 bits per heavy atom. The number of aryl methyl sites for hydroxylation is 2. The second kappa shape index (κ2) is 4.13. The summed E-state index contributed by atoms with van der Waals surface area (Å²) in [5, 5.41) is 0. The van der Waals surface area contributed by atoms with Gasteiger partial charge in [-0.15, -0.1) is 12.6 Å². The third-order valence-corrected chi connectivity index (χ3v) is 1.85. The van der Waals surface area contributed by atoms with Crippen LogP contribution in [0.2, 0.25) is 0 Å². The Balaban J connectivity index is 0.000000810. The number of hydrogen-bond acceptors (Lipinski definition) is 1. The van der Waals surface area contributed by atoms with Crippen molar-refractivity contribution in [3.63, 3.8) is 0 Å². The van der Waals surface area contributed by atoms with Gasteiger partial charge in [-0.3, -0.25) is 0 Å². The quantitative estimate of drug-likeness (QED) is 0.419. The van der Waals surface area contributed by atoms with E-state index in [4.69, 9.17) is 0 Å². The fraction of sp³-hybridized carbons (Fsp3) is 0.250. The van der Waals surface area contributed by atoms with E-state index in [1.54, 1.807) is 0 Å². The summed E-state index contributed by atoms with van der Waals surface area (Å²) in [6.45, 7) is 4.15. The summed E-state index contributed by atoms with van der Waals surface area (Å²) in [6.07, 6.45) is 0. The molecule has 0 radical (unpaired) electrons. The van der Waals surface area contributed by atoms with Gasteiger partial charge in [-0.05, 0) is 25.5 Å². The van der Waals surface area contributed by atoms with Crippen molar-refractivity contribution in [2.24, 2.45) is 0 Å². The second-order valence-corrected chi connectivity index (χ2v) is 2.77. The van der Waals surface area contributed by atoms with Gasteiger partial charge < -0.3 is 0 Å². The summed E-state index contributed by atoms with van der Waals surface area (Å²) in [7, 11) is 0. The van der Waals surface area contributed by atoms with Crippen LogP contribution in [0.1, 0.15) is 11.1 Å². The minimum absolute atomic E-state index is 0. The molecule has 0 saturated heterocycles. The molecule has 0 nitrogen and oxygen atoms in total. The molecule has 0 spiro atoms. The van der Waals surface area contributed by atoms with Crippen LogP contribution in [-0.4, -0.2) is 18.9 Å². The SMILES string of the molecule is Cc1ccc(S)c(C)c1.[LiH]. The van der Waals surface area contributed by atoms with Gasteiger partial charge in [0.15, 0.2) is 0 Å². The van der Waals surface area contributed by atoms with Crippen molar-refractivity contribution < 1.29 is 0 Å². The summed E-state index contributed by atoms with van der Waals surface area (Å²) in [6, 6.07) is 6.21. The van der Waals surface area contributed by atoms with Crippen LogP contribution in [0.3, 0.4) is 0 Å². The molecule has 0 atom stereocenters. The molecular weight excluding hydrogens is 135 g/mol. The van der Waals surface area contributed by atoms with Gasteiger partial charge in [0.2, 0.25) is 0 Å². The molecule has 0 heterocycles. The molecule has 1 rings (SSSR count). The van der Waals surface area contributed by atoms with E-state index < -0.39 is 0 Å². The van der Waals surface area contributed by atoms with Gasteiger partial charge in [-0.2, -0.15) is 0 Å². The maximum atomic E-state index is 4.25. The monoisotopic (exact) mass is 146 g/mol. The number of thiol groups is 1. The van der Waals surface area contributed by atoms with E-state index in [1.807, 2.05) is 6.07 Å². The van der Waals surface area contributed by atoms with Crippen molar-refractivity contribution in [3.05, 3.63) is 29.3 Å². The summed E-state index contributed by atoms with van der Waals surface area (Å²) in [5.41, 5.74) is 2.55. The first kappa shape index (κ1) is 10.2. The number of benzene rings is 1. The van der Waals surface area contributed by atoms with Crippen molar-refractivity contribution in [3.8, 4) is 0 Å². The normalized spacial score (nSPS) is 8.70. The van der Waals surface area contributed by atoms with Crippen LogP contribution in [0.4, 0.5) is 0 Å². The number of rotatable bonds is 0. The molecule has 50 valence electrons. The molecule has 0 bridgehead atoms. The average molecular weight is 146 g/mol. The number of hydrogen-bond donors (Lipinski definition) is 1. The van der Waals surface area contributed by atoms with E-state index in [0.717, 1.165) is 4.90 Å². The summed E-state index contributed by atoms with van der Waals surface area (Å²) in [5.74, 6) is 0. The van der Waals surface area contributed by atoms with Gasteiger partial charge in [-0.25, -0.2) is 0 Å². The van der Waals surface area contributed by atoms with Crippen LogP contribution in [0.25, 0.3) is 0 Å². The molecule has 0 saturated carbocycles. The minimum atomic E-state index is 0. The van der Waals surface area contributed by atoms with Crippen molar-refractivity contribution in [1.29, 1.82) is 0 Å². The van der Waals surface area contributed by atoms with Crippen molar-refractivity contribution in [2.45, 2.75) is 18.7 Å². The Morgan fingerprint density at radius 2 is 1.80 bits per heavy atom. The van der Waals surface area contributed by atoms with Crippen LogP contribution in [0.5, 0.6) is 0 Å². The first-order chi connectivity index (χ1) is 4.20. The molecule has 2 heteroatoms. The van der Waals surface area contributed by atoms with E-state index in [1.165, 1.54) is 11.1 Å². The molecule has 1 aromatic rings. The van der Waals surface area contributed by atoms with Crippen LogP contribution in [-0.2, 0) is 0 Å². The van der Waals surface area contributed by atoms with Gasteiger partial charge in [-0.1, -0.05) is 17.7 Å². The molecule has 0 fully saturated rings. The fourth-order valence-corrected chi connectivity index (χ4v) is 0.944. The van der Waals surface area contributed by atoms with Crippen molar-refractivity contribution in [2.75, 3.05) is 0 Å². The fourth-order valence-electron chi connectivity index (χ4n) is 0.805. The summed E-state index contributed by atoms with van der Waals surface area (Å²) >= 11 is 4.25. The summed E-state index contributed by atoms with van der Waals surface area (Å²) < 4.78 is 0. The Kier molecular flexibility index (Phi) is 4.20. The third-order valence-electron chi connectivity index (χ3n) is 1.35. The van der Waals surface area contributed by atoms with E-state index in [9.17, 15) is 0 Å². The van der Waals surface area contributed by atoms with Gasteiger partial charge in [0.25, 0.3) is 0 Å². The Bertz CT molecular complexity index is 220. The van der Waals surface area contributed by atoms with Gasteiger partial charge >= 0.3 is 18.9 Å². The molecular formula is C8H11LiS.